The molecule has 1 atom stereocenters. The van der Waals surface area contributed by atoms with Crippen LogP contribution in [0.3, 0.4) is 0 Å². The summed E-state index contributed by atoms with van der Waals surface area (Å²) in [6, 6.07) is 23.0. The van der Waals surface area contributed by atoms with Crippen LogP contribution in [0, 0.1) is 17.0 Å². The molecule has 0 spiro atoms. The minimum absolute atomic E-state index is 0.308. The van der Waals surface area contributed by atoms with Gasteiger partial charge in [0.2, 0.25) is 6.54 Å². The Morgan fingerprint density at radius 2 is 1.81 bits per heavy atom. The second-order valence-corrected chi connectivity index (χ2v) is 9.96. The van der Waals surface area contributed by atoms with Crippen LogP contribution in [-0.2, 0) is 6.61 Å². The number of aromatic nitrogens is 3. The third-order valence-corrected chi connectivity index (χ3v) is 6.98. The van der Waals surface area contributed by atoms with E-state index in [0.29, 0.717) is 35.5 Å². The Bertz CT molecular complexity index is 1320. The molecule has 3 aromatic carbocycles. The Labute approximate surface area is 221 Å². The Morgan fingerprint density at radius 1 is 1.06 bits per heavy atom. The fourth-order valence-electron chi connectivity index (χ4n) is 3.67. The fraction of sp³-hybridized carbons (Fsp3) is 0.231. The number of thioether (sulfide) groups is 1. The zero-order chi connectivity index (χ0) is 25.5. The quantitative estimate of drug-likeness (QED) is 0.117. The lowest BCUT2D eigenvalue weighted by atomic mass is 10.1. The molecule has 186 valence electrons. The summed E-state index contributed by atoms with van der Waals surface area (Å²) in [6.45, 7) is 4.41. The van der Waals surface area contributed by atoms with Gasteiger partial charge in [0.25, 0.3) is 0 Å². The van der Waals surface area contributed by atoms with Crippen LogP contribution in [0.4, 0.5) is 0 Å². The molecule has 0 aliphatic heterocycles. The zero-order valence-electron chi connectivity index (χ0n) is 19.8. The van der Waals surface area contributed by atoms with Crippen molar-refractivity contribution >= 4 is 27.7 Å². The topological polar surface area (TPSA) is 92.3 Å². The molecule has 10 heteroatoms. The van der Waals surface area contributed by atoms with Crippen molar-refractivity contribution in [3.63, 3.8) is 0 Å². The Kier molecular flexibility index (Phi) is 8.61. The number of aryl methyl sites for hydroxylation is 1. The summed E-state index contributed by atoms with van der Waals surface area (Å²) in [7, 11) is 0. The van der Waals surface area contributed by atoms with Crippen LogP contribution in [0.25, 0.3) is 5.69 Å². The molecule has 8 nitrogen and oxygen atoms in total. The highest BCUT2D eigenvalue weighted by Gasteiger charge is 2.27. The van der Waals surface area contributed by atoms with Gasteiger partial charge in [-0.05, 0) is 61.9 Å². The van der Waals surface area contributed by atoms with Crippen LogP contribution in [-0.4, -0.2) is 32.8 Å². The molecule has 0 bridgehead atoms. The molecule has 4 aromatic rings. The number of nitro groups is 1. The first-order chi connectivity index (χ1) is 17.4. The lowest BCUT2D eigenvalue weighted by Gasteiger charge is -2.18. The van der Waals surface area contributed by atoms with Gasteiger partial charge in [0.05, 0.1) is 6.61 Å². The second-order valence-electron chi connectivity index (χ2n) is 7.87. The molecular formula is C26H25BrN4O4S. The lowest BCUT2D eigenvalue weighted by Crippen LogP contribution is -2.12. The highest BCUT2D eigenvalue weighted by atomic mass is 79.9. The molecule has 36 heavy (non-hydrogen) atoms. The fourth-order valence-corrected chi connectivity index (χ4v) is 5.25. The predicted molar refractivity (Wildman–Crippen MR) is 143 cm³/mol. The molecule has 0 aliphatic rings. The van der Waals surface area contributed by atoms with Gasteiger partial charge in [0.15, 0.2) is 5.16 Å². The van der Waals surface area contributed by atoms with Crippen LogP contribution in [0.1, 0.15) is 29.1 Å². The van der Waals surface area contributed by atoms with Crippen molar-refractivity contribution in [3.8, 4) is 17.2 Å². The molecule has 4 rings (SSSR count). The maximum Gasteiger partial charge on any atom is 0.220 e. The van der Waals surface area contributed by atoms with Gasteiger partial charge in [0.1, 0.15) is 29.2 Å². The maximum atomic E-state index is 11.7. The van der Waals surface area contributed by atoms with E-state index < -0.39 is 5.25 Å². The van der Waals surface area contributed by atoms with E-state index in [2.05, 4.69) is 26.1 Å². The molecule has 1 aromatic heterocycles. The van der Waals surface area contributed by atoms with Crippen molar-refractivity contribution in [2.75, 3.05) is 13.2 Å². The highest BCUT2D eigenvalue weighted by molar-refractivity contribution is 9.10. The number of halogens is 1. The second kappa shape index (κ2) is 12.0. The first-order valence-electron chi connectivity index (χ1n) is 11.3. The van der Waals surface area contributed by atoms with E-state index in [4.69, 9.17) is 9.47 Å². The predicted octanol–water partition coefficient (Wildman–Crippen LogP) is 6.43. The van der Waals surface area contributed by atoms with E-state index in [1.54, 1.807) is 0 Å². The van der Waals surface area contributed by atoms with Crippen LogP contribution in [0.15, 0.2) is 82.4 Å². The summed E-state index contributed by atoms with van der Waals surface area (Å²) in [4.78, 5) is 11.4. The number of rotatable bonds is 11. The van der Waals surface area contributed by atoms with Crippen molar-refractivity contribution in [1.29, 1.82) is 0 Å². The Morgan fingerprint density at radius 3 is 2.50 bits per heavy atom. The van der Waals surface area contributed by atoms with E-state index in [0.717, 1.165) is 21.5 Å². The zero-order valence-corrected chi connectivity index (χ0v) is 22.2. The standard InChI is InChI=1S/C26H25BrN4O4S/c1-3-34-22-12-10-21(11-13-22)31-18(2)28-29-26(31)36-25(16-30(32)33)23-15-20(27)9-14-24(23)35-17-19-7-5-4-6-8-19/h4-15,25H,3,16-17H2,1-2H3/t25-/m0/s1. The number of benzene rings is 3. The van der Waals surface area contributed by atoms with Gasteiger partial charge in [-0.3, -0.25) is 14.7 Å². The summed E-state index contributed by atoms with van der Waals surface area (Å²) < 4.78 is 14.4. The summed E-state index contributed by atoms with van der Waals surface area (Å²) in [5.41, 5.74) is 2.56. The van der Waals surface area contributed by atoms with Crippen molar-refractivity contribution in [3.05, 3.63) is 104 Å². The summed E-state index contributed by atoms with van der Waals surface area (Å²) in [5.74, 6) is 2.03. The van der Waals surface area contributed by atoms with E-state index in [1.165, 1.54) is 11.8 Å². The first kappa shape index (κ1) is 25.7. The van der Waals surface area contributed by atoms with Gasteiger partial charge < -0.3 is 9.47 Å². The first-order valence-corrected chi connectivity index (χ1v) is 13.0. The number of nitrogens with zero attached hydrogens (tertiary/aromatic N) is 4. The van der Waals surface area contributed by atoms with Crippen LogP contribution < -0.4 is 9.47 Å². The molecule has 0 N–H and O–H groups in total. The van der Waals surface area contributed by atoms with Crippen LogP contribution in [0.5, 0.6) is 11.5 Å². The molecule has 0 unspecified atom stereocenters. The molecule has 1 heterocycles. The van der Waals surface area contributed by atoms with Gasteiger partial charge in [-0.2, -0.15) is 0 Å². The third-order valence-electron chi connectivity index (χ3n) is 5.32. The van der Waals surface area contributed by atoms with Gasteiger partial charge in [-0.15, -0.1) is 10.2 Å². The van der Waals surface area contributed by atoms with Crippen molar-refractivity contribution < 1.29 is 14.4 Å². The van der Waals surface area contributed by atoms with Gasteiger partial charge >= 0.3 is 0 Å². The molecule has 0 aliphatic carbocycles. The minimum atomic E-state index is -0.562. The number of hydrogen-bond donors (Lipinski definition) is 0. The monoisotopic (exact) mass is 568 g/mol. The van der Waals surface area contributed by atoms with Crippen molar-refractivity contribution in [1.82, 2.24) is 14.8 Å². The van der Waals surface area contributed by atoms with Crippen LogP contribution >= 0.6 is 27.7 Å². The van der Waals surface area contributed by atoms with E-state index in [-0.39, 0.29) is 11.5 Å². The Balaban J connectivity index is 1.66. The Hall–Kier alpha value is -3.37. The maximum absolute atomic E-state index is 11.7. The summed E-state index contributed by atoms with van der Waals surface area (Å²) >= 11 is 4.79. The SMILES string of the molecule is CCOc1ccc(-n2c(C)nnc2S[C@@H](C[N+](=O)[O-])c2cc(Br)ccc2OCc2ccccc2)cc1. The molecule has 0 amide bonds. The minimum Gasteiger partial charge on any atom is -0.494 e. The smallest absolute Gasteiger partial charge is 0.220 e. The molecule has 0 radical (unpaired) electrons. The molecule has 0 fully saturated rings. The highest BCUT2D eigenvalue weighted by Crippen LogP contribution is 2.41. The largest absolute Gasteiger partial charge is 0.494 e. The van der Waals surface area contributed by atoms with Gasteiger partial charge in [0, 0.05) is 20.6 Å². The lowest BCUT2D eigenvalue weighted by molar-refractivity contribution is -0.479. The van der Waals surface area contributed by atoms with Gasteiger partial charge in [-0.1, -0.05) is 58.0 Å². The molecule has 0 saturated carbocycles. The van der Waals surface area contributed by atoms with Crippen LogP contribution in [0.2, 0.25) is 0 Å². The average Bonchev–Trinajstić information content (AvgIpc) is 3.23. The van der Waals surface area contributed by atoms with E-state index in [9.17, 15) is 10.1 Å². The summed E-state index contributed by atoms with van der Waals surface area (Å²) in [6.07, 6.45) is 0. The summed E-state index contributed by atoms with van der Waals surface area (Å²) in [5, 5.41) is 20.3. The average molecular weight is 569 g/mol. The molecule has 0 saturated heterocycles. The normalized spacial score (nSPS) is 11.8. The van der Waals surface area contributed by atoms with Crippen molar-refractivity contribution in [2.45, 2.75) is 30.9 Å². The number of hydrogen-bond acceptors (Lipinski definition) is 7. The van der Waals surface area contributed by atoms with E-state index >= 15 is 0 Å². The molecular weight excluding hydrogens is 544 g/mol. The third kappa shape index (κ3) is 6.44. The number of ether oxygens (including phenoxy) is 2. The van der Waals surface area contributed by atoms with E-state index in [1.807, 2.05) is 91.2 Å². The van der Waals surface area contributed by atoms with Crippen molar-refractivity contribution in [2.24, 2.45) is 0 Å². The van der Waals surface area contributed by atoms with Gasteiger partial charge in [-0.25, -0.2) is 0 Å².